The third-order valence-electron chi connectivity index (χ3n) is 3.26. The van der Waals surface area contributed by atoms with Crippen molar-refractivity contribution in [2.45, 2.75) is 6.54 Å². The number of oxazole rings is 1. The second kappa shape index (κ2) is 5.29. The molecule has 0 bridgehead atoms. The molecule has 2 N–H and O–H groups in total. The monoisotopic (exact) mass is 348 g/mol. The first-order valence-corrected chi connectivity index (χ1v) is 7.09. The van der Waals surface area contributed by atoms with E-state index in [0.29, 0.717) is 23.3 Å². The Morgan fingerprint density at radius 1 is 1.29 bits per heavy atom. The molecule has 6 heteroatoms. The summed E-state index contributed by atoms with van der Waals surface area (Å²) in [5.74, 6) is 0.299. The molecular formula is C15H13BrN2O3. The van der Waals surface area contributed by atoms with Crippen LogP contribution < -0.4 is 16.2 Å². The second-order valence-corrected chi connectivity index (χ2v) is 5.55. The molecule has 3 rings (SSSR count). The van der Waals surface area contributed by atoms with E-state index in [0.717, 1.165) is 15.8 Å². The standard InChI is InChI=1S/C15H13BrN2O3/c1-20-13-5-2-10(16)6-9(13)8-18-12-4-3-11(17)7-14(12)21-15(18)19/h2-7H,8,17H2,1H3. The Kier molecular flexibility index (Phi) is 3.47. The van der Waals surface area contributed by atoms with Crippen molar-refractivity contribution in [3.63, 3.8) is 0 Å². The lowest BCUT2D eigenvalue weighted by atomic mass is 10.2. The number of rotatable bonds is 3. The van der Waals surface area contributed by atoms with Crippen LogP contribution >= 0.6 is 15.9 Å². The molecule has 0 aliphatic heterocycles. The van der Waals surface area contributed by atoms with E-state index in [2.05, 4.69) is 15.9 Å². The number of aromatic nitrogens is 1. The van der Waals surface area contributed by atoms with Crippen molar-refractivity contribution in [3.8, 4) is 5.75 Å². The fourth-order valence-electron chi connectivity index (χ4n) is 2.27. The first-order valence-electron chi connectivity index (χ1n) is 6.30. The Labute approximate surface area is 129 Å². The van der Waals surface area contributed by atoms with Gasteiger partial charge < -0.3 is 14.9 Å². The summed E-state index contributed by atoms with van der Waals surface area (Å²) in [7, 11) is 1.60. The molecule has 0 aliphatic rings. The van der Waals surface area contributed by atoms with Gasteiger partial charge in [-0.15, -0.1) is 0 Å². The van der Waals surface area contributed by atoms with Crippen molar-refractivity contribution in [2.24, 2.45) is 0 Å². The molecule has 0 atom stereocenters. The lowest BCUT2D eigenvalue weighted by Crippen LogP contribution is -2.15. The van der Waals surface area contributed by atoms with Crippen LogP contribution in [0.25, 0.3) is 11.1 Å². The number of nitrogens with two attached hydrogens (primary N) is 1. The number of fused-ring (bicyclic) bond motifs is 1. The van der Waals surface area contributed by atoms with E-state index < -0.39 is 5.76 Å². The number of nitrogens with zero attached hydrogens (tertiary/aromatic N) is 1. The van der Waals surface area contributed by atoms with Gasteiger partial charge in [-0.2, -0.15) is 0 Å². The number of nitrogen functional groups attached to an aromatic ring is 1. The molecule has 0 unspecified atom stereocenters. The summed E-state index contributed by atoms with van der Waals surface area (Å²) >= 11 is 3.42. The quantitative estimate of drug-likeness (QED) is 0.738. The van der Waals surface area contributed by atoms with Gasteiger partial charge in [0, 0.05) is 21.8 Å². The van der Waals surface area contributed by atoms with Crippen LogP contribution in [-0.4, -0.2) is 11.7 Å². The first kappa shape index (κ1) is 13.8. The minimum absolute atomic E-state index is 0.359. The number of ether oxygens (including phenoxy) is 1. The van der Waals surface area contributed by atoms with Crippen LogP contribution in [0.15, 0.2) is 50.1 Å². The Morgan fingerprint density at radius 3 is 2.86 bits per heavy atom. The number of hydrogen-bond donors (Lipinski definition) is 1. The molecule has 1 heterocycles. The minimum atomic E-state index is -0.419. The minimum Gasteiger partial charge on any atom is -0.496 e. The van der Waals surface area contributed by atoms with Crippen molar-refractivity contribution in [1.29, 1.82) is 0 Å². The van der Waals surface area contributed by atoms with Gasteiger partial charge in [0.05, 0.1) is 19.2 Å². The fraction of sp³-hybridized carbons (Fsp3) is 0.133. The second-order valence-electron chi connectivity index (χ2n) is 4.64. The van der Waals surface area contributed by atoms with Gasteiger partial charge in [0.1, 0.15) is 5.75 Å². The number of halogens is 1. The summed E-state index contributed by atoms with van der Waals surface area (Å²) in [6.45, 7) is 0.359. The SMILES string of the molecule is COc1ccc(Br)cc1Cn1c(=O)oc2cc(N)ccc21. The molecule has 0 saturated carbocycles. The topological polar surface area (TPSA) is 70.4 Å². The molecule has 0 aliphatic carbocycles. The molecule has 3 aromatic rings. The number of hydrogen-bond acceptors (Lipinski definition) is 4. The summed E-state index contributed by atoms with van der Waals surface area (Å²) < 4.78 is 13.0. The van der Waals surface area contributed by atoms with Crippen LogP contribution in [-0.2, 0) is 6.54 Å². The average Bonchev–Trinajstić information content (AvgIpc) is 2.74. The van der Waals surface area contributed by atoms with Gasteiger partial charge in [0.25, 0.3) is 0 Å². The molecule has 108 valence electrons. The predicted molar refractivity (Wildman–Crippen MR) is 84.7 cm³/mol. The number of anilines is 1. The predicted octanol–water partition coefficient (Wildman–Crippen LogP) is 3.00. The smallest absolute Gasteiger partial charge is 0.420 e. The molecule has 5 nitrogen and oxygen atoms in total. The average molecular weight is 349 g/mol. The van der Waals surface area contributed by atoms with Crippen molar-refractivity contribution < 1.29 is 9.15 Å². The lowest BCUT2D eigenvalue weighted by molar-refractivity contribution is 0.407. The highest BCUT2D eigenvalue weighted by Crippen LogP contribution is 2.25. The zero-order chi connectivity index (χ0) is 15.0. The van der Waals surface area contributed by atoms with E-state index in [-0.39, 0.29) is 0 Å². The van der Waals surface area contributed by atoms with Crippen LogP contribution in [0, 0.1) is 0 Å². The maximum absolute atomic E-state index is 12.0. The summed E-state index contributed by atoms with van der Waals surface area (Å²) in [6.07, 6.45) is 0. The van der Waals surface area contributed by atoms with Crippen LogP contribution in [0.4, 0.5) is 5.69 Å². The van der Waals surface area contributed by atoms with Crippen molar-refractivity contribution in [3.05, 3.63) is 57.0 Å². The zero-order valence-corrected chi connectivity index (χ0v) is 12.9. The Balaban J connectivity index is 2.12. The maximum Gasteiger partial charge on any atom is 0.420 e. The third kappa shape index (κ3) is 2.54. The van der Waals surface area contributed by atoms with Gasteiger partial charge in [0.15, 0.2) is 5.58 Å². The van der Waals surface area contributed by atoms with Gasteiger partial charge in [0.2, 0.25) is 0 Å². The zero-order valence-electron chi connectivity index (χ0n) is 11.3. The highest BCUT2D eigenvalue weighted by Gasteiger charge is 2.12. The molecule has 2 aromatic carbocycles. The van der Waals surface area contributed by atoms with Gasteiger partial charge in [-0.05, 0) is 30.3 Å². The number of benzene rings is 2. The highest BCUT2D eigenvalue weighted by molar-refractivity contribution is 9.10. The van der Waals surface area contributed by atoms with E-state index in [1.54, 1.807) is 29.9 Å². The molecule has 0 amide bonds. The molecular weight excluding hydrogens is 336 g/mol. The molecule has 0 radical (unpaired) electrons. The van der Waals surface area contributed by atoms with Gasteiger partial charge in [-0.3, -0.25) is 4.57 Å². The van der Waals surface area contributed by atoms with Crippen molar-refractivity contribution in [1.82, 2.24) is 4.57 Å². The normalized spacial score (nSPS) is 11.0. The van der Waals surface area contributed by atoms with E-state index in [1.165, 1.54) is 0 Å². The summed E-state index contributed by atoms with van der Waals surface area (Å²) in [4.78, 5) is 12.0. The lowest BCUT2D eigenvalue weighted by Gasteiger charge is -2.09. The third-order valence-corrected chi connectivity index (χ3v) is 3.76. The summed E-state index contributed by atoms with van der Waals surface area (Å²) in [6, 6.07) is 10.8. The molecule has 0 spiro atoms. The largest absolute Gasteiger partial charge is 0.496 e. The van der Waals surface area contributed by atoms with Crippen LogP contribution in [0.5, 0.6) is 5.75 Å². The summed E-state index contributed by atoms with van der Waals surface area (Å²) in [5.41, 5.74) is 8.33. The van der Waals surface area contributed by atoms with E-state index >= 15 is 0 Å². The van der Waals surface area contributed by atoms with Gasteiger partial charge in [-0.1, -0.05) is 15.9 Å². The molecule has 0 fully saturated rings. The van der Waals surface area contributed by atoms with Gasteiger partial charge >= 0.3 is 5.76 Å². The van der Waals surface area contributed by atoms with E-state index in [1.807, 2.05) is 18.2 Å². The van der Waals surface area contributed by atoms with Crippen LogP contribution in [0.3, 0.4) is 0 Å². The van der Waals surface area contributed by atoms with Crippen LogP contribution in [0.2, 0.25) is 0 Å². The van der Waals surface area contributed by atoms with Crippen LogP contribution in [0.1, 0.15) is 5.56 Å². The molecule has 1 aromatic heterocycles. The Morgan fingerprint density at radius 2 is 2.10 bits per heavy atom. The summed E-state index contributed by atoms with van der Waals surface area (Å²) in [5, 5.41) is 0. The highest BCUT2D eigenvalue weighted by atomic mass is 79.9. The van der Waals surface area contributed by atoms with Crippen molar-refractivity contribution >= 4 is 32.7 Å². The number of methoxy groups -OCH3 is 1. The first-order chi connectivity index (χ1) is 10.1. The van der Waals surface area contributed by atoms with E-state index in [9.17, 15) is 4.79 Å². The molecule has 21 heavy (non-hydrogen) atoms. The maximum atomic E-state index is 12.0. The van der Waals surface area contributed by atoms with E-state index in [4.69, 9.17) is 14.9 Å². The molecule has 0 saturated heterocycles. The Bertz CT molecular complexity index is 867. The van der Waals surface area contributed by atoms with Gasteiger partial charge in [-0.25, -0.2) is 4.79 Å². The Hall–Kier alpha value is -2.21. The van der Waals surface area contributed by atoms with Crippen molar-refractivity contribution in [2.75, 3.05) is 12.8 Å². The fourth-order valence-corrected chi connectivity index (χ4v) is 2.68.